The van der Waals surface area contributed by atoms with Crippen LogP contribution in [0.15, 0.2) is 36.5 Å². The quantitative estimate of drug-likeness (QED) is 0.248. The fraction of sp³-hybridized carbons (Fsp3) is 0.684. The van der Waals surface area contributed by atoms with Crippen molar-refractivity contribution in [3.05, 3.63) is 36.5 Å². The Labute approximate surface area is 121 Å². The van der Waals surface area contributed by atoms with Crippen LogP contribution < -0.4 is 0 Å². The molecule has 0 atom stereocenters. The maximum atomic E-state index is 2.35. The van der Waals surface area contributed by atoms with E-state index in [-0.39, 0.29) is 0 Å². The molecule has 0 amide bonds. The van der Waals surface area contributed by atoms with Gasteiger partial charge >= 0.3 is 0 Å². The molecule has 0 spiro atoms. The first-order valence-electron chi connectivity index (χ1n) is 8.36. The molecule has 0 nitrogen and oxygen atoms in total. The summed E-state index contributed by atoms with van der Waals surface area (Å²) in [5, 5.41) is 0. The summed E-state index contributed by atoms with van der Waals surface area (Å²) in [7, 11) is 0. The molecule has 0 saturated carbocycles. The molecule has 0 aliphatic rings. The van der Waals surface area contributed by atoms with Crippen LogP contribution in [0.5, 0.6) is 0 Å². The Morgan fingerprint density at radius 2 is 1.05 bits per heavy atom. The van der Waals surface area contributed by atoms with Crippen molar-refractivity contribution in [2.75, 3.05) is 0 Å². The van der Waals surface area contributed by atoms with Gasteiger partial charge in [-0.25, -0.2) is 0 Å². The van der Waals surface area contributed by atoms with E-state index in [0.717, 1.165) is 19.3 Å². The fourth-order valence-electron chi connectivity index (χ4n) is 2.05. The molecule has 0 aliphatic carbocycles. The minimum Gasteiger partial charge on any atom is -0.0885 e. The molecular weight excluding hydrogens is 228 g/mol. The van der Waals surface area contributed by atoms with E-state index in [9.17, 15) is 0 Å². The topological polar surface area (TPSA) is 0 Å². The first-order valence-corrected chi connectivity index (χ1v) is 8.36. The minimum absolute atomic E-state index is 1.08. The first-order chi connectivity index (χ1) is 9.41. The molecule has 0 fully saturated rings. The van der Waals surface area contributed by atoms with E-state index in [2.05, 4.69) is 50.3 Å². The number of rotatable bonds is 13. The van der Waals surface area contributed by atoms with Gasteiger partial charge in [-0.15, -0.1) is 0 Å². The number of allylic oxidation sites excluding steroid dienone is 6. The first kappa shape index (κ1) is 18.2. The minimum atomic E-state index is 1.08. The van der Waals surface area contributed by atoms with Crippen molar-refractivity contribution in [2.24, 2.45) is 0 Å². The van der Waals surface area contributed by atoms with Crippen molar-refractivity contribution >= 4 is 0 Å². The Balaban J connectivity index is 3.19. The standard InChI is InChI=1S/C19H34/c1-3-5-7-9-11-13-15-17-19-18-16-14-12-10-8-6-4-2/h5,7,11,13,17,19H,3-4,6,8-10,12,14-16,18H2,1-2H3/b7-5-,13-11?,19-17?. The van der Waals surface area contributed by atoms with Crippen molar-refractivity contribution in [2.45, 2.75) is 84.5 Å². The third-order valence-electron chi connectivity index (χ3n) is 3.25. The summed E-state index contributed by atoms with van der Waals surface area (Å²) in [6.07, 6.45) is 28.0. The zero-order valence-corrected chi connectivity index (χ0v) is 13.2. The van der Waals surface area contributed by atoms with E-state index in [1.165, 1.54) is 51.4 Å². The summed E-state index contributed by atoms with van der Waals surface area (Å²) >= 11 is 0. The van der Waals surface area contributed by atoms with Crippen molar-refractivity contribution in [3.63, 3.8) is 0 Å². The summed E-state index contributed by atoms with van der Waals surface area (Å²) < 4.78 is 0. The van der Waals surface area contributed by atoms with Crippen molar-refractivity contribution in [3.8, 4) is 0 Å². The van der Waals surface area contributed by atoms with Crippen LogP contribution in [0.1, 0.15) is 84.5 Å². The van der Waals surface area contributed by atoms with Gasteiger partial charge in [0.2, 0.25) is 0 Å². The van der Waals surface area contributed by atoms with Gasteiger partial charge in [-0.3, -0.25) is 0 Å². The molecule has 0 unspecified atom stereocenters. The molecule has 0 radical (unpaired) electrons. The molecule has 19 heavy (non-hydrogen) atoms. The SMILES string of the molecule is CC/C=C\CC=CCC=CCCCCCCCCC. The smallest absolute Gasteiger partial charge is 0.0169 e. The van der Waals surface area contributed by atoms with E-state index >= 15 is 0 Å². The van der Waals surface area contributed by atoms with Gasteiger partial charge in [-0.1, -0.05) is 88.8 Å². The predicted octanol–water partition coefficient (Wildman–Crippen LogP) is 6.99. The molecule has 110 valence electrons. The molecule has 0 aromatic carbocycles. The molecule has 0 heterocycles. The Morgan fingerprint density at radius 1 is 0.526 bits per heavy atom. The van der Waals surface area contributed by atoms with Gasteiger partial charge in [-0.2, -0.15) is 0 Å². The molecular formula is C19H34. The summed E-state index contributed by atoms with van der Waals surface area (Å²) in [6.45, 7) is 4.45. The summed E-state index contributed by atoms with van der Waals surface area (Å²) in [5.41, 5.74) is 0. The molecule has 0 rings (SSSR count). The van der Waals surface area contributed by atoms with Crippen molar-refractivity contribution in [1.29, 1.82) is 0 Å². The van der Waals surface area contributed by atoms with Crippen LogP contribution in [0.3, 0.4) is 0 Å². The van der Waals surface area contributed by atoms with Gasteiger partial charge in [0.15, 0.2) is 0 Å². The van der Waals surface area contributed by atoms with Crippen LogP contribution in [0.2, 0.25) is 0 Å². The molecule has 0 bridgehead atoms. The summed E-state index contributed by atoms with van der Waals surface area (Å²) in [6, 6.07) is 0. The molecule has 0 saturated heterocycles. The van der Waals surface area contributed by atoms with Crippen LogP contribution in [-0.4, -0.2) is 0 Å². The lowest BCUT2D eigenvalue weighted by Crippen LogP contribution is -1.78. The number of hydrogen-bond acceptors (Lipinski definition) is 0. The van der Waals surface area contributed by atoms with Gasteiger partial charge < -0.3 is 0 Å². The van der Waals surface area contributed by atoms with Gasteiger partial charge in [0.1, 0.15) is 0 Å². The molecule has 0 aromatic rings. The Kier molecular flexibility index (Phi) is 16.5. The van der Waals surface area contributed by atoms with Gasteiger partial charge in [0, 0.05) is 0 Å². The fourth-order valence-corrected chi connectivity index (χ4v) is 2.05. The third kappa shape index (κ3) is 17.2. The second-order valence-corrected chi connectivity index (χ2v) is 5.20. The van der Waals surface area contributed by atoms with Gasteiger partial charge in [0.25, 0.3) is 0 Å². The van der Waals surface area contributed by atoms with Crippen LogP contribution in [0.4, 0.5) is 0 Å². The van der Waals surface area contributed by atoms with Crippen LogP contribution in [0, 0.1) is 0 Å². The summed E-state index contributed by atoms with van der Waals surface area (Å²) in [5.74, 6) is 0. The predicted molar refractivity (Wildman–Crippen MR) is 89.6 cm³/mol. The lowest BCUT2D eigenvalue weighted by atomic mass is 10.1. The molecule has 0 aromatic heterocycles. The second kappa shape index (κ2) is 17.2. The highest BCUT2D eigenvalue weighted by Crippen LogP contribution is 2.08. The number of hydrogen-bond donors (Lipinski definition) is 0. The average molecular weight is 262 g/mol. The normalized spacial score (nSPS) is 12.3. The lowest BCUT2D eigenvalue weighted by Gasteiger charge is -1.98. The second-order valence-electron chi connectivity index (χ2n) is 5.20. The number of unbranched alkanes of at least 4 members (excludes halogenated alkanes) is 7. The summed E-state index contributed by atoms with van der Waals surface area (Å²) in [4.78, 5) is 0. The van der Waals surface area contributed by atoms with Gasteiger partial charge in [-0.05, 0) is 32.1 Å². The van der Waals surface area contributed by atoms with Crippen molar-refractivity contribution < 1.29 is 0 Å². The van der Waals surface area contributed by atoms with E-state index in [4.69, 9.17) is 0 Å². The van der Waals surface area contributed by atoms with E-state index in [1.54, 1.807) is 0 Å². The van der Waals surface area contributed by atoms with Crippen LogP contribution in [-0.2, 0) is 0 Å². The highest BCUT2D eigenvalue weighted by molar-refractivity contribution is 4.96. The highest BCUT2D eigenvalue weighted by atomic mass is 13.9. The van der Waals surface area contributed by atoms with Gasteiger partial charge in [0.05, 0.1) is 0 Å². The lowest BCUT2D eigenvalue weighted by molar-refractivity contribution is 0.592. The third-order valence-corrected chi connectivity index (χ3v) is 3.25. The zero-order valence-electron chi connectivity index (χ0n) is 13.2. The van der Waals surface area contributed by atoms with E-state index in [0.29, 0.717) is 0 Å². The van der Waals surface area contributed by atoms with E-state index < -0.39 is 0 Å². The largest absolute Gasteiger partial charge is 0.0885 e. The molecule has 0 heteroatoms. The highest BCUT2D eigenvalue weighted by Gasteiger charge is 1.88. The Bertz CT molecular complexity index is 232. The van der Waals surface area contributed by atoms with E-state index in [1.807, 2.05) is 0 Å². The van der Waals surface area contributed by atoms with Crippen LogP contribution in [0.25, 0.3) is 0 Å². The average Bonchev–Trinajstić information content (AvgIpc) is 2.43. The maximum absolute atomic E-state index is 2.35. The molecule has 0 aliphatic heterocycles. The maximum Gasteiger partial charge on any atom is -0.0169 e. The zero-order chi connectivity index (χ0) is 14.0. The Hall–Kier alpha value is -0.780. The van der Waals surface area contributed by atoms with Crippen LogP contribution >= 0.6 is 0 Å². The van der Waals surface area contributed by atoms with Crippen molar-refractivity contribution in [1.82, 2.24) is 0 Å². The monoisotopic (exact) mass is 262 g/mol. The molecule has 0 N–H and O–H groups in total. The Morgan fingerprint density at radius 3 is 1.68 bits per heavy atom.